The predicted octanol–water partition coefficient (Wildman–Crippen LogP) is -0.701. The summed E-state index contributed by atoms with van der Waals surface area (Å²) in [4.78, 5) is 0. The molecule has 2 nitrogen and oxygen atoms in total. The molecule has 3 N–H and O–H groups in total. The minimum Gasteiger partial charge on any atom is -0.372 e. The molecule has 0 aromatic heterocycles. The summed E-state index contributed by atoms with van der Waals surface area (Å²) >= 11 is 0. The summed E-state index contributed by atoms with van der Waals surface area (Å²) in [5.41, 5.74) is 4.40. The van der Waals surface area contributed by atoms with Crippen LogP contribution in [-0.2, 0) is 0 Å². The second-order valence-electron chi connectivity index (χ2n) is 3.17. The van der Waals surface area contributed by atoms with Gasteiger partial charge in [0.25, 0.3) is 0 Å². The summed E-state index contributed by atoms with van der Waals surface area (Å²) in [6.07, 6.45) is 4.14. The topological polar surface area (TPSA) is 46.2 Å². The van der Waals surface area contributed by atoms with Crippen LogP contribution in [0.4, 0.5) is 0 Å². The number of aliphatic hydroxyl groups is 1. The molecule has 0 spiro atoms. The van der Waals surface area contributed by atoms with Gasteiger partial charge >= 0.3 is 0 Å². The van der Waals surface area contributed by atoms with Gasteiger partial charge in [0.05, 0.1) is 0 Å². The Kier molecular flexibility index (Phi) is 1.53. The zero-order chi connectivity index (χ0) is 8.60. The largest absolute Gasteiger partial charge is 0.372 e. The van der Waals surface area contributed by atoms with Crippen molar-refractivity contribution in [2.24, 2.45) is 5.73 Å². The molecule has 62 valence electrons. The van der Waals surface area contributed by atoms with Crippen LogP contribution in [0.5, 0.6) is 0 Å². The van der Waals surface area contributed by atoms with Crippen molar-refractivity contribution >= 4 is 12.2 Å². The standard InChI is InChI=1S/C10H11NO/c11-10(12)6-5-8-3-1-2-4-9(8)7-10/h1-5,7,12H,6,11H2. The molecule has 0 fully saturated rings. The smallest absolute Gasteiger partial charge is 0.137 e. The van der Waals surface area contributed by atoms with Crippen LogP contribution in [0, 0.1) is 0 Å². The molecule has 1 aromatic rings. The Morgan fingerprint density at radius 1 is 1.25 bits per heavy atom. The van der Waals surface area contributed by atoms with Gasteiger partial charge in [0.15, 0.2) is 0 Å². The molecule has 1 atom stereocenters. The highest BCUT2D eigenvalue weighted by molar-refractivity contribution is 5.45. The van der Waals surface area contributed by atoms with Crippen molar-refractivity contribution in [1.29, 1.82) is 0 Å². The number of rotatable bonds is 0. The Bertz CT molecular complexity index is 406. The molecule has 12 heavy (non-hydrogen) atoms. The first-order valence-corrected chi connectivity index (χ1v) is 3.97. The van der Waals surface area contributed by atoms with E-state index in [-0.39, 0.29) is 0 Å². The van der Waals surface area contributed by atoms with Gasteiger partial charge in [-0.25, -0.2) is 0 Å². The summed E-state index contributed by atoms with van der Waals surface area (Å²) in [5, 5.41) is 11.7. The van der Waals surface area contributed by atoms with Gasteiger partial charge < -0.3 is 10.8 Å². The Morgan fingerprint density at radius 2 is 1.92 bits per heavy atom. The van der Waals surface area contributed by atoms with Gasteiger partial charge in [0.1, 0.15) is 5.72 Å². The van der Waals surface area contributed by atoms with Crippen LogP contribution in [0.1, 0.15) is 6.42 Å². The third kappa shape index (κ3) is 1.26. The lowest BCUT2D eigenvalue weighted by atomic mass is 10.0. The van der Waals surface area contributed by atoms with E-state index in [1.807, 2.05) is 30.3 Å². The first-order chi connectivity index (χ1) is 5.67. The van der Waals surface area contributed by atoms with Gasteiger partial charge in [0, 0.05) is 6.42 Å². The fourth-order valence-electron chi connectivity index (χ4n) is 1.43. The third-order valence-corrected chi connectivity index (χ3v) is 2.05. The van der Waals surface area contributed by atoms with E-state index < -0.39 is 5.72 Å². The van der Waals surface area contributed by atoms with Crippen molar-refractivity contribution in [1.82, 2.24) is 0 Å². The molecular formula is C10H11NO. The Labute approximate surface area is 70.6 Å². The number of benzene rings is 1. The van der Waals surface area contributed by atoms with Crippen LogP contribution in [0.25, 0.3) is 12.2 Å². The summed E-state index contributed by atoms with van der Waals surface area (Å²) in [6.45, 7) is 0. The molecule has 0 radical (unpaired) electrons. The summed E-state index contributed by atoms with van der Waals surface area (Å²) in [6, 6.07) is 7.87. The van der Waals surface area contributed by atoms with Crippen molar-refractivity contribution < 1.29 is 5.11 Å². The van der Waals surface area contributed by atoms with E-state index in [4.69, 9.17) is 5.73 Å². The van der Waals surface area contributed by atoms with Crippen LogP contribution < -0.4 is 16.2 Å². The Morgan fingerprint density at radius 3 is 2.67 bits per heavy atom. The molecule has 0 amide bonds. The van der Waals surface area contributed by atoms with Gasteiger partial charge in [0.2, 0.25) is 0 Å². The van der Waals surface area contributed by atoms with Crippen LogP contribution in [0.3, 0.4) is 0 Å². The lowest BCUT2D eigenvalue weighted by molar-refractivity contribution is 0.121. The number of fused-ring (bicyclic) bond motifs is 1. The fraction of sp³-hybridized carbons (Fsp3) is 0.200. The van der Waals surface area contributed by atoms with E-state index in [0.717, 1.165) is 10.4 Å². The SMILES string of the molecule is NC1(O)C=c2ccccc2=CC1. The van der Waals surface area contributed by atoms with Gasteiger partial charge in [-0.3, -0.25) is 0 Å². The number of hydrogen-bond donors (Lipinski definition) is 2. The molecule has 0 heterocycles. The number of nitrogens with two attached hydrogens (primary N) is 1. The molecule has 0 saturated carbocycles. The fourth-order valence-corrected chi connectivity index (χ4v) is 1.43. The highest BCUT2D eigenvalue weighted by atomic mass is 16.3. The molecule has 1 unspecified atom stereocenters. The molecule has 1 aromatic carbocycles. The van der Waals surface area contributed by atoms with Crippen LogP contribution in [0.15, 0.2) is 24.3 Å². The Balaban J connectivity index is 2.72. The van der Waals surface area contributed by atoms with E-state index >= 15 is 0 Å². The van der Waals surface area contributed by atoms with Crippen molar-refractivity contribution in [3.8, 4) is 0 Å². The molecule has 1 aliphatic rings. The van der Waals surface area contributed by atoms with E-state index in [9.17, 15) is 5.11 Å². The minimum atomic E-state index is -1.16. The maximum atomic E-state index is 9.51. The maximum Gasteiger partial charge on any atom is 0.137 e. The molecular weight excluding hydrogens is 150 g/mol. The average Bonchev–Trinajstić information content (AvgIpc) is 2.02. The average molecular weight is 161 g/mol. The second-order valence-corrected chi connectivity index (χ2v) is 3.17. The molecule has 0 saturated heterocycles. The minimum absolute atomic E-state index is 0.490. The van der Waals surface area contributed by atoms with E-state index in [1.165, 1.54) is 0 Å². The number of hydrogen-bond acceptors (Lipinski definition) is 2. The second kappa shape index (κ2) is 2.44. The third-order valence-electron chi connectivity index (χ3n) is 2.05. The molecule has 2 rings (SSSR count). The van der Waals surface area contributed by atoms with E-state index in [0.29, 0.717) is 6.42 Å². The van der Waals surface area contributed by atoms with Gasteiger partial charge in [-0.15, -0.1) is 0 Å². The van der Waals surface area contributed by atoms with Crippen molar-refractivity contribution in [3.63, 3.8) is 0 Å². The van der Waals surface area contributed by atoms with Gasteiger partial charge in [-0.1, -0.05) is 30.3 Å². The molecule has 2 heteroatoms. The highest BCUT2D eigenvalue weighted by Crippen LogP contribution is 2.06. The predicted molar refractivity (Wildman–Crippen MR) is 48.4 cm³/mol. The summed E-state index contributed by atoms with van der Waals surface area (Å²) in [7, 11) is 0. The highest BCUT2D eigenvalue weighted by Gasteiger charge is 2.17. The maximum absolute atomic E-state index is 9.51. The quantitative estimate of drug-likeness (QED) is 0.494. The zero-order valence-electron chi connectivity index (χ0n) is 6.70. The monoisotopic (exact) mass is 161 g/mol. The summed E-state index contributed by atoms with van der Waals surface area (Å²) in [5.74, 6) is 0. The van der Waals surface area contributed by atoms with Gasteiger partial charge in [-0.05, 0) is 16.5 Å². The first-order valence-electron chi connectivity index (χ1n) is 3.97. The lowest BCUT2D eigenvalue weighted by Gasteiger charge is -2.19. The molecule has 1 aliphatic carbocycles. The summed E-state index contributed by atoms with van der Waals surface area (Å²) < 4.78 is 0. The normalized spacial score (nSPS) is 26.8. The zero-order valence-corrected chi connectivity index (χ0v) is 6.70. The van der Waals surface area contributed by atoms with E-state index in [1.54, 1.807) is 6.08 Å². The van der Waals surface area contributed by atoms with Crippen LogP contribution >= 0.6 is 0 Å². The molecule has 0 aliphatic heterocycles. The molecule has 0 bridgehead atoms. The van der Waals surface area contributed by atoms with Crippen molar-refractivity contribution in [3.05, 3.63) is 34.7 Å². The van der Waals surface area contributed by atoms with Crippen molar-refractivity contribution in [2.75, 3.05) is 0 Å². The van der Waals surface area contributed by atoms with Gasteiger partial charge in [-0.2, -0.15) is 0 Å². The van der Waals surface area contributed by atoms with Crippen molar-refractivity contribution in [2.45, 2.75) is 12.1 Å². The Hall–Kier alpha value is -1.12. The van der Waals surface area contributed by atoms with Crippen LogP contribution in [-0.4, -0.2) is 10.8 Å². The van der Waals surface area contributed by atoms with E-state index in [2.05, 4.69) is 0 Å². The van der Waals surface area contributed by atoms with Crippen LogP contribution in [0.2, 0.25) is 0 Å². The lowest BCUT2D eigenvalue weighted by Crippen LogP contribution is -2.44. The first kappa shape index (κ1) is 7.53.